The van der Waals surface area contributed by atoms with Crippen molar-refractivity contribution in [1.82, 2.24) is 19.6 Å². The number of benzene rings is 2. The van der Waals surface area contributed by atoms with Crippen molar-refractivity contribution < 1.29 is 14.3 Å². The highest BCUT2D eigenvalue weighted by Crippen LogP contribution is 2.35. The number of piperazine rings is 1. The van der Waals surface area contributed by atoms with Crippen molar-refractivity contribution in [2.24, 2.45) is 0 Å². The van der Waals surface area contributed by atoms with Crippen LogP contribution in [0.1, 0.15) is 55.2 Å². The van der Waals surface area contributed by atoms with Gasteiger partial charge in [-0.2, -0.15) is 0 Å². The minimum Gasteiger partial charge on any atom is -0.410 e. The Morgan fingerprint density at radius 2 is 1.70 bits per heavy atom. The molecule has 0 aliphatic carbocycles. The molecule has 0 radical (unpaired) electrons. The molecule has 200 valence electrons. The number of carbonyl (C=O) groups excluding carboxylic acids is 2. The molecule has 2 amide bonds. The highest BCUT2D eigenvalue weighted by Gasteiger charge is 2.34. The van der Waals surface area contributed by atoms with Crippen LogP contribution in [0.15, 0.2) is 61.2 Å². The predicted octanol–water partition coefficient (Wildman–Crippen LogP) is 4.90. The topological polar surface area (TPSA) is 56.3 Å². The summed E-state index contributed by atoms with van der Waals surface area (Å²) in [5.74, 6) is 0.561. The van der Waals surface area contributed by atoms with Gasteiger partial charge < -0.3 is 14.5 Å². The number of rotatable bonds is 9. The van der Waals surface area contributed by atoms with Gasteiger partial charge in [-0.15, -0.1) is 6.58 Å². The third kappa shape index (κ3) is 6.79. The molecule has 0 N–H and O–H groups in total. The van der Waals surface area contributed by atoms with E-state index in [2.05, 4.69) is 48.4 Å². The van der Waals surface area contributed by atoms with Crippen molar-refractivity contribution in [3.8, 4) is 5.75 Å². The Morgan fingerprint density at radius 1 is 1.03 bits per heavy atom. The molecule has 1 aliphatic rings. The summed E-state index contributed by atoms with van der Waals surface area (Å²) < 4.78 is 5.59. The second-order valence-corrected chi connectivity index (χ2v) is 9.97. The molecule has 2 aromatic rings. The Bertz CT molecular complexity index is 1060. The molecule has 1 saturated heterocycles. The molecule has 1 fully saturated rings. The largest absolute Gasteiger partial charge is 0.414 e. The minimum absolute atomic E-state index is 0.0470. The summed E-state index contributed by atoms with van der Waals surface area (Å²) >= 11 is 0. The van der Waals surface area contributed by atoms with Gasteiger partial charge in [-0.1, -0.05) is 30.3 Å². The molecule has 2 aromatic carbocycles. The summed E-state index contributed by atoms with van der Waals surface area (Å²) in [5, 5.41) is 0. The average Bonchev–Trinajstić information content (AvgIpc) is 2.88. The molecular formula is C30H42N4O3. The summed E-state index contributed by atoms with van der Waals surface area (Å²) in [6, 6.07) is 16.3. The first-order chi connectivity index (χ1) is 17.7. The van der Waals surface area contributed by atoms with Gasteiger partial charge >= 0.3 is 6.09 Å². The number of carbonyl (C=O) groups is 2. The molecule has 7 heteroatoms. The molecule has 0 bridgehead atoms. The zero-order valence-corrected chi connectivity index (χ0v) is 23.2. The molecule has 3 atom stereocenters. The Morgan fingerprint density at radius 3 is 2.30 bits per heavy atom. The smallest absolute Gasteiger partial charge is 0.410 e. The summed E-state index contributed by atoms with van der Waals surface area (Å²) in [6.07, 6.45) is 1.55. The van der Waals surface area contributed by atoms with Crippen LogP contribution in [0.2, 0.25) is 0 Å². The summed E-state index contributed by atoms with van der Waals surface area (Å²) in [7, 11) is 3.34. The van der Waals surface area contributed by atoms with Crippen molar-refractivity contribution in [2.75, 3.05) is 46.8 Å². The fourth-order valence-electron chi connectivity index (χ4n) is 5.02. The molecule has 0 aromatic heterocycles. The van der Waals surface area contributed by atoms with Crippen molar-refractivity contribution in [2.45, 2.75) is 45.8 Å². The Kier molecular flexibility index (Phi) is 9.89. The first-order valence-electron chi connectivity index (χ1n) is 13.2. The van der Waals surface area contributed by atoms with Crippen molar-refractivity contribution in [3.05, 3.63) is 77.9 Å². The van der Waals surface area contributed by atoms with E-state index >= 15 is 0 Å². The molecule has 0 spiro atoms. The number of amides is 2. The van der Waals surface area contributed by atoms with Crippen LogP contribution in [0.5, 0.6) is 5.75 Å². The van der Waals surface area contributed by atoms with Gasteiger partial charge in [0.25, 0.3) is 5.91 Å². The van der Waals surface area contributed by atoms with Gasteiger partial charge in [-0.05, 0) is 63.1 Å². The van der Waals surface area contributed by atoms with Crippen LogP contribution in [0, 0.1) is 0 Å². The van der Waals surface area contributed by atoms with Crippen LogP contribution in [-0.2, 0) is 0 Å². The summed E-state index contributed by atoms with van der Waals surface area (Å²) in [6.45, 7) is 16.5. The fourth-order valence-corrected chi connectivity index (χ4v) is 5.02. The maximum Gasteiger partial charge on any atom is 0.414 e. The summed E-state index contributed by atoms with van der Waals surface area (Å²) in [5.41, 5.74) is 2.84. The number of hydrogen-bond donors (Lipinski definition) is 0. The highest BCUT2D eigenvalue weighted by molar-refractivity contribution is 5.94. The van der Waals surface area contributed by atoms with E-state index in [-0.39, 0.29) is 18.0 Å². The quantitative estimate of drug-likeness (QED) is 0.453. The first kappa shape index (κ1) is 28.4. The van der Waals surface area contributed by atoms with Gasteiger partial charge in [0.05, 0.1) is 6.04 Å². The standard InChI is InChI=1S/C30H42N4O3/c1-8-18-33-20-23(5)34(21-22(33)4)28(26-12-11-13-27(19-26)37-30(36)31(6)7)24-14-16-25(17-15-24)29(35)32(9-2)10-3/h8,11-17,19,22-23,28H,1,9-10,18,20-21H2,2-7H3. The van der Waals surface area contributed by atoms with Crippen LogP contribution in [0.25, 0.3) is 0 Å². The molecule has 7 nitrogen and oxygen atoms in total. The molecule has 1 heterocycles. The highest BCUT2D eigenvalue weighted by atomic mass is 16.6. The molecule has 1 aliphatic heterocycles. The number of ether oxygens (including phenoxy) is 1. The Labute approximate surface area is 222 Å². The van der Waals surface area contributed by atoms with Gasteiger partial charge in [0.2, 0.25) is 0 Å². The molecule has 0 saturated carbocycles. The van der Waals surface area contributed by atoms with Crippen molar-refractivity contribution in [1.29, 1.82) is 0 Å². The SMILES string of the molecule is C=CCN1CC(C)N(C(c2ccc(C(=O)N(CC)CC)cc2)c2cccc(OC(=O)N(C)C)c2)CC1C. The van der Waals surface area contributed by atoms with E-state index < -0.39 is 6.09 Å². The van der Waals surface area contributed by atoms with Crippen LogP contribution in [0.4, 0.5) is 4.79 Å². The minimum atomic E-state index is -0.409. The maximum absolute atomic E-state index is 12.9. The third-order valence-corrected chi connectivity index (χ3v) is 7.13. The normalized spacial score (nSPS) is 19.2. The zero-order chi connectivity index (χ0) is 27.1. The zero-order valence-electron chi connectivity index (χ0n) is 23.2. The van der Waals surface area contributed by atoms with E-state index in [1.165, 1.54) is 4.90 Å². The molecular weight excluding hydrogens is 464 g/mol. The van der Waals surface area contributed by atoms with E-state index in [9.17, 15) is 9.59 Å². The monoisotopic (exact) mass is 506 g/mol. The molecule has 3 unspecified atom stereocenters. The van der Waals surface area contributed by atoms with E-state index in [1.54, 1.807) is 14.1 Å². The Hall–Kier alpha value is -3.16. The van der Waals surface area contributed by atoms with Crippen LogP contribution in [-0.4, -0.2) is 90.5 Å². The van der Waals surface area contributed by atoms with Crippen LogP contribution >= 0.6 is 0 Å². The fraction of sp³-hybridized carbons (Fsp3) is 0.467. The maximum atomic E-state index is 12.9. The van der Waals surface area contributed by atoms with Gasteiger partial charge in [0.1, 0.15) is 5.75 Å². The van der Waals surface area contributed by atoms with Crippen molar-refractivity contribution >= 4 is 12.0 Å². The van der Waals surface area contributed by atoms with E-state index in [0.717, 1.165) is 30.8 Å². The van der Waals surface area contributed by atoms with Gasteiger partial charge in [-0.3, -0.25) is 14.6 Å². The Balaban J connectivity index is 2.00. The van der Waals surface area contributed by atoms with E-state index in [1.807, 2.05) is 55.2 Å². The van der Waals surface area contributed by atoms with E-state index in [0.29, 0.717) is 30.4 Å². The molecule has 37 heavy (non-hydrogen) atoms. The number of hydrogen-bond acceptors (Lipinski definition) is 5. The summed E-state index contributed by atoms with van der Waals surface area (Å²) in [4.78, 5) is 33.3. The lowest BCUT2D eigenvalue weighted by Crippen LogP contribution is -2.57. The predicted molar refractivity (Wildman–Crippen MR) is 149 cm³/mol. The van der Waals surface area contributed by atoms with Crippen LogP contribution in [0.3, 0.4) is 0 Å². The molecule has 3 rings (SSSR count). The van der Waals surface area contributed by atoms with Gasteiger partial charge in [-0.25, -0.2) is 4.79 Å². The second-order valence-electron chi connectivity index (χ2n) is 9.97. The van der Waals surface area contributed by atoms with Crippen molar-refractivity contribution in [3.63, 3.8) is 0 Å². The second kappa shape index (κ2) is 12.9. The van der Waals surface area contributed by atoms with Crippen LogP contribution < -0.4 is 4.74 Å². The van der Waals surface area contributed by atoms with Gasteiger partial charge in [0.15, 0.2) is 0 Å². The number of nitrogens with zero attached hydrogens (tertiary/aromatic N) is 4. The lowest BCUT2D eigenvalue weighted by atomic mass is 9.92. The first-order valence-corrected chi connectivity index (χ1v) is 13.2. The van der Waals surface area contributed by atoms with E-state index in [4.69, 9.17) is 4.74 Å². The lowest BCUT2D eigenvalue weighted by Gasteiger charge is -2.47. The lowest BCUT2D eigenvalue weighted by molar-refractivity contribution is 0.0306. The average molecular weight is 507 g/mol. The van der Waals surface area contributed by atoms with Gasteiger partial charge in [0, 0.05) is 64.5 Å². The third-order valence-electron chi connectivity index (χ3n) is 7.13.